The molecule has 14 aromatic carbocycles. The monoisotopic (exact) mass is 1920 g/mol. The fourth-order valence-electron chi connectivity index (χ4n) is 20.0. The Morgan fingerprint density at radius 2 is 0.525 bits per heavy atom. The molecular formula is C114H80Ir2N6-4. The molecule has 0 aliphatic heterocycles. The van der Waals surface area contributed by atoms with E-state index in [1.807, 2.05) is 85.2 Å². The van der Waals surface area contributed by atoms with Crippen molar-refractivity contribution in [3.05, 3.63) is 435 Å². The summed E-state index contributed by atoms with van der Waals surface area (Å²) in [6.45, 7) is 0. The molecule has 24 rings (SSSR count). The van der Waals surface area contributed by atoms with Crippen LogP contribution in [0.2, 0.25) is 0 Å². The number of rotatable bonds is 11. The molecular weight excluding hydrogens is 1840 g/mol. The molecule has 0 amide bonds. The van der Waals surface area contributed by atoms with Gasteiger partial charge in [0, 0.05) is 96.4 Å². The molecule has 0 N–H and O–H groups in total. The van der Waals surface area contributed by atoms with Crippen molar-refractivity contribution in [1.29, 1.82) is 0 Å². The van der Waals surface area contributed by atoms with Gasteiger partial charge in [0.25, 0.3) is 0 Å². The second kappa shape index (κ2) is 32.9. The molecule has 20 aromatic rings. The zero-order valence-electron chi connectivity index (χ0n) is 67.0. The molecule has 2 spiro atoms. The van der Waals surface area contributed by atoms with Gasteiger partial charge in [-0.05, 0) is 247 Å². The first-order chi connectivity index (χ1) is 59.4. The molecule has 0 bridgehead atoms. The molecule has 6 nitrogen and oxygen atoms in total. The number of nitrogens with zero attached hydrogens (tertiary/aromatic N) is 6. The average Bonchev–Trinajstić information content (AvgIpc) is 1.55. The van der Waals surface area contributed by atoms with Gasteiger partial charge < -0.3 is 29.1 Å². The first-order valence-electron chi connectivity index (χ1n) is 41.9. The van der Waals surface area contributed by atoms with Crippen molar-refractivity contribution < 1.29 is 40.2 Å². The maximum Gasteiger partial charge on any atom is 0.0541 e. The summed E-state index contributed by atoms with van der Waals surface area (Å²) in [6.07, 6.45) is 17.0. The quantitative estimate of drug-likeness (QED) is 0.121. The van der Waals surface area contributed by atoms with Gasteiger partial charge in [-0.3, -0.25) is 0 Å². The number of aromatic nitrogens is 6. The van der Waals surface area contributed by atoms with Gasteiger partial charge in [-0.25, -0.2) is 12.1 Å². The smallest absolute Gasteiger partial charge is 0.0541 e. The Balaban J connectivity index is 0.000000134. The van der Waals surface area contributed by atoms with E-state index in [9.17, 15) is 0 Å². The van der Waals surface area contributed by atoms with E-state index in [1.165, 1.54) is 218 Å². The third-order valence-electron chi connectivity index (χ3n) is 25.7. The van der Waals surface area contributed by atoms with Crippen LogP contribution in [-0.4, -0.2) is 29.1 Å². The minimum Gasteiger partial charge on any atom is -0.357 e. The van der Waals surface area contributed by atoms with Gasteiger partial charge in [0.05, 0.1) is 22.1 Å². The number of para-hydroxylation sites is 4. The Morgan fingerprint density at radius 3 is 0.844 bits per heavy atom. The van der Waals surface area contributed by atoms with Gasteiger partial charge in [0.15, 0.2) is 0 Å². The summed E-state index contributed by atoms with van der Waals surface area (Å²) in [7, 11) is 0. The van der Waals surface area contributed by atoms with Crippen LogP contribution >= 0.6 is 0 Å². The average molecular weight is 1920 g/mol. The Kier molecular flexibility index (Phi) is 20.9. The van der Waals surface area contributed by atoms with Crippen molar-refractivity contribution in [2.75, 3.05) is 0 Å². The van der Waals surface area contributed by atoms with E-state index in [0.717, 1.165) is 33.9 Å². The molecule has 6 aromatic heterocycles. The summed E-state index contributed by atoms with van der Waals surface area (Å²) in [5.74, 6) is 0. The SMILES string of the molecule is [Ir].[Ir].[c-]1ccc(-c2cccc(-c3ccc4c(c3)C3(CCCC3)c3cc(-c5ccc(-n6c7ccccc7c7ccccc76)cc5)ccc3-4)c2)cc1-c1ccccn1.[c-]1ccc(-c2cccc(-c3ccc4c(c3)C3(CCCC3)c3cc(-c5ccc(-n6c7ccccc7c7ccccc76)cc5)ccc3-4)c2)cc1-c1ccccn1.[c-]1cccnc1-c1[c-]cccn1. The third kappa shape index (κ3) is 13.9. The summed E-state index contributed by atoms with van der Waals surface area (Å²) in [5.41, 5.74) is 39.4. The summed E-state index contributed by atoms with van der Waals surface area (Å²) >= 11 is 0. The third-order valence-corrected chi connectivity index (χ3v) is 25.7. The van der Waals surface area contributed by atoms with Crippen molar-refractivity contribution in [2.24, 2.45) is 0 Å². The maximum atomic E-state index is 4.56. The molecule has 2 fully saturated rings. The van der Waals surface area contributed by atoms with Crippen molar-refractivity contribution in [1.82, 2.24) is 29.1 Å². The second-order valence-electron chi connectivity index (χ2n) is 32.3. The first kappa shape index (κ1) is 77.2. The van der Waals surface area contributed by atoms with Crippen LogP contribution in [0.1, 0.15) is 73.6 Å². The van der Waals surface area contributed by atoms with Gasteiger partial charge in [-0.1, -0.05) is 232 Å². The minimum atomic E-state index is 0. The maximum absolute atomic E-state index is 4.56. The normalized spacial score (nSPS) is 13.5. The molecule has 0 saturated heterocycles. The number of benzene rings is 14. The fourth-order valence-corrected chi connectivity index (χ4v) is 20.0. The standard InChI is InChI=1S/2C52H37N2.C10H6N2.2Ir/c2*1-3-18-50-45(15-1)46-16-2-4-19-51(46)54(50)42-24-20-35(21-25-42)39-22-26-43-44-27-23-40(34-48(44)52(47(43)33-39)28-6-7-29-52)37-12-9-11-36(31-37)38-13-10-14-41(32-38)49-17-5-8-30-53-49;1-3-7-11-9(5-1)10-6-2-4-8-12-10;;/h2*1-5,8-13,15-27,30-34H,6-7,28-29H2;1-4,7-8H;;/q2*-1;-2;;. The summed E-state index contributed by atoms with van der Waals surface area (Å²) in [5, 5.41) is 5.16. The van der Waals surface area contributed by atoms with Crippen LogP contribution in [0.4, 0.5) is 0 Å². The van der Waals surface area contributed by atoms with Gasteiger partial charge in [0.1, 0.15) is 0 Å². The Morgan fingerprint density at radius 1 is 0.230 bits per heavy atom. The largest absolute Gasteiger partial charge is 0.357 e. The van der Waals surface area contributed by atoms with E-state index in [2.05, 4.69) is 345 Å². The van der Waals surface area contributed by atoms with E-state index in [-0.39, 0.29) is 51.0 Å². The molecule has 588 valence electrons. The van der Waals surface area contributed by atoms with Crippen LogP contribution < -0.4 is 0 Å². The Hall–Kier alpha value is -13.4. The predicted octanol–water partition coefficient (Wildman–Crippen LogP) is 28.7. The van der Waals surface area contributed by atoms with E-state index in [4.69, 9.17) is 0 Å². The molecule has 0 atom stereocenters. The molecule has 4 aliphatic rings. The van der Waals surface area contributed by atoms with E-state index in [0.29, 0.717) is 0 Å². The van der Waals surface area contributed by atoms with Crippen LogP contribution in [0.15, 0.2) is 389 Å². The molecule has 2 radical (unpaired) electrons. The molecule has 6 heterocycles. The van der Waals surface area contributed by atoms with Gasteiger partial charge in [0.2, 0.25) is 0 Å². The Labute approximate surface area is 738 Å². The van der Waals surface area contributed by atoms with Crippen molar-refractivity contribution in [3.8, 4) is 134 Å². The topological polar surface area (TPSA) is 61.4 Å². The van der Waals surface area contributed by atoms with Crippen LogP contribution in [0, 0.1) is 24.3 Å². The number of hydrogen-bond donors (Lipinski definition) is 0. The number of fused-ring (bicyclic) bond motifs is 16. The van der Waals surface area contributed by atoms with E-state index < -0.39 is 0 Å². The van der Waals surface area contributed by atoms with Crippen LogP contribution in [0.5, 0.6) is 0 Å². The Bertz CT molecular complexity index is 6730. The second-order valence-corrected chi connectivity index (χ2v) is 32.3. The summed E-state index contributed by atoms with van der Waals surface area (Å²) < 4.78 is 4.79. The summed E-state index contributed by atoms with van der Waals surface area (Å²) in [6, 6.07) is 145. The molecule has 0 unspecified atom stereocenters. The van der Waals surface area contributed by atoms with Crippen LogP contribution in [0.3, 0.4) is 0 Å². The van der Waals surface area contributed by atoms with Crippen molar-refractivity contribution in [2.45, 2.75) is 62.2 Å². The molecule has 2 saturated carbocycles. The molecule has 8 heteroatoms. The molecule has 122 heavy (non-hydrogen) atoms. The predicted molar refractivity (Wildman–Crippen MR) is 493 cm³/mol. The van der Waals surface area contributed by atoms with E-state index in [1.54, 1.807) is 12.4 Å². The minimum absolute atomic E-state index is 0. The fraction of sp³-hybridized carbons (Fsp3) is 0.0877. The van der Waals surface area contributed by atoms with Crippen molar-refractivity contribution >= 4 is 43.6 Å². The number of hydrogen-bond acceptors (Lipinski definition) is 4. The zero-order valence-corrected chi connectivity index (χ0v) is 71.7. The van der Waals surface area contributed by atoms with Gasteiger partial charge >= 0.3 is 0 Å². The first-order valence-corrected chi connectivity index (χ1v) is 41.9. The van der Waals surface area contributed by atoms with Crippen LogP contribution in [-0.2, 0) is 51.0 Å². The number of pyridine rings is 4. The van der Waals surface area contributed by atoms with Gasteiger partial charge in [-0.2, -0.15) is 12.1 Å². The van der Waals surface area contributed by atoms with E-state index >= 15 is 0 Å². The van der Waals surface area contributed by atoms with Crippen molar-refractivity contribution in [3.63, 3.8) is 0 Å². The van der Waals surface area contributed by atoms with Crippen LogP contribution in [0.25, 0.3) is 178 Å². The summed E-state index contributed by atoms with van der Waals surface area (Å²) in [4.78, 5) is 17.3. The van der Waals surface area contributed by atoms with Gasteiger partial charge in [-0.15, -0.1) is 94.3 Å². The molecule has 4 aliphatic carbocycles. The zero-order chi connectivity index (χ0) is 79.5.